The number of nitrogens with zero attached hydrogens (tertiary/aromatic N) is 2. The summed E-state index contributed by atoms with van der Waals surface area (Å²) in [6.07, 6.45) is 3.21. The third-order valence-corrected chi connectivity index (χ3v) is 4.59. The molecule has 0 saturated heterocycles. The first-order chi connectivity index (χ1) is 11.5. The van der Waals surface area contributed by atoms with Crippen LogP contribution in [0.2, 0.25) is 0 Å². The molecule has 1 aromatic heterocycles. The maximum Gasteiger partial charge on any atom is 0.226 e. The molecule has 128 valence electrons. The van der Waals surface area contributed by atoms with Crippen molar-refractivity contribution in [3.05, 3.63) is 46.9 Å². The number of hydrogen-bond acceptors (Lipinski definition) is 4. The van der Waals surface area contributed by atoms with Crippen LogP contribution in [0.3, 0.4) is 0 Å². The fourth-order valence-electron chi connectivity index (χ4n) is 3.28. The second-order valence-electron chi connectivity index (χ2n) is 6.46. The van der Waals surface area contributed by atoms with Gasteiger partial charge in [-0.15, -0.1) is 0 Å². The lowest BCUT2D eigenvalue weighted by molar-refractivity contribution is -0.122. The van der Waals surface area contributed by atoms with Crippen LogP contribution in [0.5, 0.6) is 0 Å². The Bertz CT molecular complexity index is 729. The molecule has 5 nitrogen and oxygen atoms in total. The highest BCUT2D eigenvalue weighted by Crippen LogP contribution is 2.35. The second-order valence-corrected chi connectivity index (χ2v) is 6.46. The number of fused-ring (bicyclic) bond motifs is 1. The van der Waals surface area contributed by atoms with Crippen molar-refractivity contribution in [1.29, 1.82) is 0 Å². The molecule has 1 amide bonds. The van der Waals surface area contributed by atoms with E-state index in [1.807, 2.05) is 6.07 Å². The molecule has 0 bridgehead atoms. The van der Waals surface area contributed by atoms with Crippen LogP contribution in [0, 0.1) is 18.7 Å². The van der Waals surface area contributed by atoms with E-state index in [1.165, 1.54) is 6.07 Å². The molecule has 0 fully saturated rings. The topological polar surface area (TPSA) is 68.0 Å². The standard InChI is InChI=1S/C18H22FN3O2/c1-11-9-10-13-14(5-3-6-15(13)19)18(11)21-16(23)7-4-8-17-20-12(2)22-24-17/h3,5-6,11,18H,4,7-10H2,1-2H3,(H,21,23)/t11-,18+/m1/s1. The van der Waals surface area contributed by atoms with Crippen molar-refractivity contribution >= 4 is 5.91 Å². The largest absolute Gasteiger partial charge is 0.349 e. The van der Waals surface area contributed by atoms with Gasteiger partial charge in [0.05, 0.1) is 6.04 Å². The molecule has 1 aliphatic carbocycles. The lowest BCUT2D eigenvalue weighted by atomic mass is 9.80. The predicted octanol–water partition coefficient (Wildman–Crippen LogP) is 3.28. The molecular formula is C18H22FN3O2. The SMILES string of the molecule is Cc1noc(CCCC(=O)N[C@@H]2c3cccc(F)c3CC[C@H]2C)n1. The summed E-state index contributed by atoms with van der Waals surface area (Å²) in [5, 5.41) is 6.80. The first-order valence-corrected chi connectivity index (χ1v) is 8.40. The van der Waals surface area contributed by atoms with Crippen molar-refractivity contribution in [3.63, 3.8) is 0 Å². The van der Waals surface area contributed by atoms with E-state index in [2.05, 4.69) is 22.4 Å². The fraction of sp³-hybridized carbons (Fsp3) is 0.500. The Kier molecular flexibility index (Phi) is 4.92. The number of halogens is 1. The number of aromatic nitrogens is 2. The van der Waals surface area contributed by atoms with Crippen LogP contribution in [-0.2, 0) is 17.6 Å². The number of nitrogens with one attached hydrogen (secondary N) is 1. The maximum absolute atomic E-state index is 14.0. The van der Waals surface area contributed by atoms with Gasteiger partial charge in [0.25, 0.3) is 0 Å². The van der Waals surface area contributed by atoms with Gasteiger partial charge in [0.2, 0.25) is 11.8 Å². The van der Waals surface area contributed by atoms with Crippen LogP contribution in [0.4, 0.5) is 4.39 Å². The first kappa shape index (κ1) is 16.6. The minimum atomic E-state index is -0.176. The Labute approximate surface area is 140 Å². The third-order valence-electron chi connectivity index (χ3n) is 4.59. The van der Waals surface area contributed by atoms with Gasteiger partial charge in [-0.1, -0.05) is 24.2 Å². The number of aryl methyl sites for hydroxylation is 2. The zero-order chi connectivity index (χ0) is 17.1. The molecule has 0 unspecified atom stereocenters. The molecule has 6 heteroatoms. The smallest absolute Gasteiger partial charge is 0.226 e. The lowest BCUT2D eigenvalue weighted by Gasteiger charge is -2.32. The van der Waals surface area contributed by atoms with Crippen molar-refractivity contribution in [1.82, 2.24) is 15.5 Å². The Balaban J connectivity index is 1.59. The van der Waals surface area contributed by atoms with Crippen LogP contribution in [0.1, 0.15) is 55.1 Å². The highest BCUT2D eigenvalue weighted by Gasteiger charge is 2.29. The van der Waals surface area contributed by atoms with E-state index in [1.54, 1.807) is 13.0 Å². The molecule has 2 atom stereocenters. The first-order valence-electron chi connectivity index (χ1n) is 8.40. The van der Waals surface area contributed by atoms with E-state index in [0.717, 1.165) is 24.0 Å². The lowest BCUT2D eigenvalue weighted by Crippen LogP contribution is -2.35. The number of carbonyl (C=O) groups excluding carboxylic acids is 1. The zero-order valence-electron chi connectivity index (χ0n) is 14.0. The molecule has 1 N–H and O–H groups in total. The molecule has 24 heavy (non-hydrogen) atoms. The van der Waals surface area contributed by atoms with Crippen LogP contribution in [0.15, 0.2) is 22.7 Å². The van der Waals surface area contributed by atoms with Gasteiger partial charge in [-0.05, 0) is 49.3 Å². The highest BCUT2D eigenvalue weighted by molar-refractivity contribution is 5.76. The van der Waals surface area contributed by atoms with E-state index in [0.29, 0.717) is 36.9 Å². The number of carbonyl (C=O) groups is 1. The van der Waals surface area contributed by atoms with E-state index < -0.39 is 0 Å². The van der Waals surface area contributed by atoms with Crippen molar-refractivity contribution in [2.45, 2.75) is 52.0 Å². The van der Waals surface area contributed by atoms with Crippen LogP contribution < -0.4 is 5.32 Å². The van der Waals surface area contributed by atoms with Gasteiger partial charge in [0.1, 0.15) is 5.82 Å². The highest BCUT2D eigenvalue weighted by atomic mass is 19.1. The van der Waals surface area contributed by atoms with Crippen molar-refractivity contribution in [2.24, 2.45) is 5.92 Å². The summed E-state index contributed by atoms with van der Waals surface area (Å²) in [7, 11) is 0. The average Bonchev–Trinajstić information content (AvgIpc) is 2.96. The molecule has 1 heterocycles. The normalized spacial score (nSPS) is 19.8. The summed E-state index contributed by atoms with van der Waals surface area (Å²) in [6, 6.07) is 4.99. The minimum absolute atomic E-state index is 0.0276. The van der Waals surface area contributed by atoms with Crippen molar-refractivity contribution in [3.8, 4) is 0 Å². The van der Waals surface area contributed by atoms with E-state index in [4.69, 9.17) is 4.52 Å². The monoisotopic (exact) mass is 331 g/mol. The van der Waals surface area contributed by atoms with Gasteiger partial charge >= 0.3 is 0 Å². The van der Waals surface area contributed by atoms with Gasteiger partial charge in [-0.25, -0.2) is 4.39 Å². The minimum Gasteiger partial charge on any atom is -0.349 e. The second kappa shape index (κ2) is 7.11. The maximum atomic E-state index is 14.0. The molecule has 1 aliphatic rings. The number of hydrogen-bond donors (Lipinski definition) is 1. The van der Waals surface area contributed by atoms with Gasteiger partial charge in [-0.2, -0.15) is 4.98 Å². The summed E-state index contributed by atoms with van der Waals surface area (Å²) in [6.45, 7) is 3.86. The molecule has 0 aliphatic heterocycles. The quantitative estimate of drug-likeness (QED) is 0.913. The summed E-state index contributed by atoms with van der Waals surface area (Å²) >= 11 is 0. The Hall–Kier alpha value is -2.24. The van der Waals surface area contributed by atoms with Crippen LogP contribution in [0.25, 0.3) is 0 Å². The predicted molar refractivity (Wildman–Crippen MR) is 86.7 cm³/mol. The van der Waals surface area contributed by atoms with E-state index in [9.17, 15) is 9.18 Å². The Morgan fingerprint density at radius 2 is 2.29 bits per heavy atom. The molecule has 0 spiro atoms. The van der Waals surface area contributed by atoms with Gasteiger partial charge in [0.15, 0.2) is 5.82 Å². The molecule has 2 aromatic rings. The number of amides is 1. The summed E-state index contributed by atoms with van der Waals surface area (Å²) in [5.74, 6) is 1.25. The van der Waals surface area contributed by atoms with E-state index >= 15 is 0 Å². The molecule has 3 rings (SSSR count). The molecule has 1 aromatic carbocycles. The zero-order valence-corrected chi connectivity index (χ0v) is 14.0. The van der Waals surface area contributed by atoms with Crippen molar-refractivity contribution in [2.75, 3.05) is 0 Å². The van der Waals surface area contributed by atoms with Crippen LogP contribution in [-0.4, -0.2) is 16.0 Å². The van der Waals surface area contributed by atoms with Crippen molar-refractivity contribution < 1.29 is 13.7 Å². The summed E-state index contributed by atoms with van der Waals surface area (Å²) in [5.41, 5.74) is 1.65. The third kappa shape index (κ3) is 3.63. The van der Waals surface area contributed by atoms with Gasteiger partial charge < -0.3 is 9.84 Å². The number of benzene rings is 1. The van der Waals surface area contributed by atoms with Crippen LogP contribution >= 0.6 is 0 Å². The Morgan fingerprint density at radius 3 is 3.04 bits per heavy atom. The molecule has 0 radical (unpaired) electrons. The van der Waals surface area contributed by atoms with Gasteiger partial charge in [0, 0.05) is 12.8 Å². The van der Waals surface area contributed by atoms with E-state index in [-0.39, 0.29) is 17.8 Å². The average molecular weight is 331 g/mol. The summed E-state index contributed by atoms with van der Waals surface area (Å²) in [4.78, 5) is 16.4. The molecular weight excluding hydrogens is 309 g/mol. The molecule has 0 saturated carbocycles. The fourth-order valence-corrected chi connectivity index (χ4v) is 3.28. The Morgan fingerprint density at radius 1 is 1.46 bits per heavy atom. The van der Waals surface area contributed by atoms with Gasteiger partial charge in [-0.3, -0.25) is 4.79 Å². The number of rotatable bonds is 5. The summed E-state index contributed by atoms with van der Waals surface area (Å²) < 4.78 is 19.0.